The first-order valence-electron chi connectivity index (χ1n) is 6.78. The second-order valence-electron chi connectivity index (χ2n) is 4.74. The SMILES string of the molecule is COC(=O)Cc1c(Cl)cnc(NC2CCCCO2)c1C=N. The maximum Gasteiger partial charge on any atom is 0.310 e. The summed E-state index contributed by atoms with van der Waals surface area (Å²) in [6.45, 7) is 0.709. The molecule has 0 spiro atoms. The highest BCUT2D eigenvalue weighted by Crippen LogP contribution is 2.26. The lowest BCUT2D eigenvalue weighted by Crippen LogP contribution is -2.28. The van der Waals surface area contributed by atoms with Gasteiger partial charge in [-0.15, -0.1) is 0 Å². The Bertz CT molecular complexity index is 530. The van der Waals surface area contributed by atoms with Crippen LogP contribution < -0.4 is 5.32 Å². The number of hydrogen-bond donors (Lipinski definition) is 2. The lowest BCUT2D eigenvalue weighted by Gasteiger charge is -2.25. The number of aromatic nitrogens is 1. The van der Waals surface area contributed by atoms with E-state index in [2.05, 4.69) is 15.0 Å². The minimum Gasteiger partial charge on any atom is -0.469 e. The summed E-state index contributed by atoms with van der Waals surface area (Å²) < 4.78 is 10.3. The first-order valence-corrected chi connectivity index (χ1v) is 7.16. The molecule has 1 aliphatic rings. The van der Waals surface area contributed by atoms with Crippen molar-refractivity contribution in [2.45, 2.75) is 31.9 Å². The van der Waals surface area contributed by atoms with E-state index in [1.165, 1.54) is 13.3 Å². The molecular weight excluding hydrogens is 294 g/mol. The summed E-state index contributed by atoms with van der Waals surface area (Å²) in [5.41, 5.74) is 1.02. The van der Waals surface area contributed by atoms with E-state index in [4.69, 9.17) is 21.7 Å². The Hall–Kier alpha value is -1.66. The van der Waals surface area contributed by atoms with E-state index in [0.29, 0.717) is 28.6 Å². The minimum atomic E-state index is -0.411. The summed E-state index contributed by atoms with van der Waals surface area (Å²) in [5.74, 6) is 0.0891. The summed E-state index contributed by atoms with van der Waals surface area (Å²) >= 11 is 6.09. The Morgan fingerprint density at radius 2 is 2.48 bits per heavy atom. The lowest BCUT2D eigenvalue weighted by atomic mass is 10.1. The van der Waals surface area contributed by atoms with Crippen LogP contribution in [0.4, 0.5) is 5.82 Å². The monoisotopic (exact) mass is 311 g/mol. The van der Waals surface area contributed by atoms with Crippen molar-refractivity contribution >= 4 is 29.6 Å². The van der Waals surface area contributed by atoms with Crippen LogP contribution in [0.25, 0.3) is 0 Å². The lowest BCUT2D eigenvalue weighted by molar-refractivity contribution is -0.139. The summed E-state index contributed by atoms with van der Waals surface area (Å²) in [5, 5.41) is 11.1. The number of methoxy groups -OCH3 is 1. The molecule has 0 aromatic carbocycles. The molecule has 7 heteroatoms. The first kappa shape index (κ1) is 15.7. The Balaban J connectivity index is 2.26. The summed E-state index contributed by atoms with van der Waals surface area (Å²) in [4.78, 5) is 15.7. The molecule has 0 radical (unpaired) electrons. The third-order valence-electron chi connectivity index (χ3n) is 3.35. The Morgan fingerprint density at radius 1 is 1.67 bits per heavy atom. The average Bonchev–Trinajstić information content (AvgIpc) is 2.51. The van der Waals surface area contributed by atoms with Crippen LogP contribution in [0.5, 0.6) is 0 Å². The van der Waals surface area contributed by atoms with Crippen molar-refractivity contribution in [3.05, 3.63) is 22.3 Å². The highest BCUT2D eigenvalue weighted by Gasteiger charge is 2.19. The molecule has 21 heavy (non-hydrogen) atoms. The molecule has 0 bridgehead atoms. The zero-order chi connectivity index (χ0) is 15.2. The van der Waals surface area contributed by atoms with Crippen LogP contribution in [-0.4, -0.2) is 37.1 Å². The molecule has 114 valence electrons. The van der Waals surface area contributed by atoms with Crippen molar-refractivity contribution in [1.29, 1.82) is 5.41 Å². The fourth-order valence-corrected chi connectivity index (χ4v) is 2.43. The smallest absolute Gasteiger partial charge is 0.310 e. The molecule has 2 N–H and O–H groups in total. The number of hydrogen-bond acceptors (Lipinski definition) is 6. The highest BCUT2D eigenvalue weighted by molar-refractivity contribution is 6.32. The molecule has 6 nitrogen and oxygen atoms in total. The van der Waals surface area contributed by atoms with E-state index >= 15 is 0 Å². The molecule has 1 aliphatic heterocycles. The molecule has 0 amide bonds. The van der Waals surface area contributed by atoms with E-state index in [1.54, 1.807) is 0 Å². The van der Waals surface area contributed by atoms with Crippen LogP contribution in [0.15, 0.2) is 6.20 Å². The van der Waals surface area contributed by atoms with Gasteiger partial charge in [-0.2, -0.15) is 0 Å². The number of pyridine rings is 1. The van der Waals surface area contributed by atoms with Gasteiger partial charge in [0.2, 0.25) is 0 Å². The molecular formula is C14H18ClN3O3. The van der Waals surface area contributed by atoms with Gasteiger partial charge in [0.25, 0.3) is 0 Å². The van der Waals surface area contributed by atoms with Gasteiger partial charge in [0.1, 0.15) is 12.0 Å². The molecule has 2 heterocycles. The second-order valence-corrected chi connectivity index (χ2v) is 5.15. The van der Waals surface area contributed by atoms with Crippen molar-refractivity contribution < 1.29 is 14.3 Å². The van der Waals surface area contributed by atoms with Gasteiger partial charge in [-0.3, -0.25) is 4.79 Å². The largest absolute Gasteiger partial charge is 0.469 e. The molecule has 0 aliphatic carbocycles. The van der Waals surface area contributed by atoms with Gasteiger partial charge in [0.05, 0.1) is 18.6 Å². The third-order valence-corrected chi connectivity index (χ3v) is 3.67. The predicted octanol–water partition coefficient (Wildman–Crippen LogP) is 2.39. The van der Waals surface area contributed by atoms with Crippen molar-refractivity contribution in [3.8, 4) is 0 Å². The van der Waals surface area contributed by atoms with E-state index < -0.39 is 5.97 Å². The number of carbonyl (C=O) groups excluding carboxylic acids is 1. The Kier molecular flexibility index (Phi) is 5.52. The number of esters is 1. The molecule has 1 fully saturated rings. The van der Waals surface area contributed by atoms with Crippen molar-refractivity contribution in [2.75, 3.05) is 19.0 Å². The number of ether oxygens (including phenoxy) is 2. The van der Waals surface area contributed by atoms with Crippen molar-refractivity contribution in [3.63, 3.8) is 0 Å². The van der Waals surface area contributed by atoms with Crippen LogP contribution in [0, 0.1) is 5.41 Å². The summed E-state index contributed by atoms with van der Waals surface area (Å²) in [7, 11) is 1.32. The standard InChI is InChI=1S/C14H18ClN3O3/c1-20-13(19)6-9-10(7-16)14(17-8-11(9)15)18-12-4-2-3-5-21-12/h7-8,12,16H,2-6H2,1H3,(H,17,18). The van der Waals surface area contributed by atoms with Crippen LogP contribution in [0.1, 0.15) is 30.4 Å². The quantitative estimate of drug-likeness (QED) is 0.644. The van der Waals surface area contributed by atoms with Gasteiger partial charge in [-0.1, -0.05) is 11.6 Å². The molecule has 1 atom stereocenters. The van der Waals surface area contributed by atoms with E-state index in [9.17, 15) is 4.79 Å². The molecule has 1 unspecified atom stereocenters. The van der Waals surface area contributed by atoms with Gasteiger partial charge in [-0.05, 0) is 24.8 Å². The molecule has 2 rings (SSSR count). The zero-order valence-corrected chi connectivity index (χ0v) is 12.6. The molecule has 1 aromatic rings. The minimum absolute atomic E-state index is 0.00275. The number of nitrogens with zero attached hydrogens (tertiary/aromatic N) is 1. The number of rotatable bonds is 5. The fourth-order valence-electron chi connectivity index (χ4n) is 2.21. The van der Waals surface area contributed by atoms with Gasteiger partial charge in [-0.25, -0.2) is 4.98 Å². The van der Waals surface area contributed by atoms with E-state index in [-0.39, 0.29) is 12.6 Å². The van der Waals surface area contributed by atoms with E-state index in [1.807, 2.05) is 0 Å². The normalized spacial score (nSPS) is 18.1. The third kappa shape index (κ3) is 3.92. The number of carbonyl (C=O) groups is 1. The maximum absolute atomic E-state index is 11.5. The Labute approximate surface area is 128 Å². The number of nitrogens with one attached hydrogen (secondary N) is 2. The molecule has 1 aromatic heterocycles. The number of halogens is 1. The van der Waals surface area contributed by atoms with Gasteiger partial charge >= 0.3 is 5.97 Å². The highest BCUT2D eigenvalue weighted by atomic mass is 35.5. The summed E-state index contributed by atoms with van der Waals surface area (Å²) in [6.07, 6.45) is 5.51. The summed E-state index contributed by atoms with van der Waals surface area (Å²) in [6, 6.07) is 0. The molecule has 1 saturated heterocycles. The zero-order valence-electron chi connectivity index (χ0n) is 11.8. The van der Waals surface area contributed by atoms with Crippen LogP contribution in [0.3, 0.4) is 0 Å². The molecule has 0 saturated carbocycles. The van der Waals surface area contributed by atoms with Crippen LogP contribution >= 0.6 is 11.6 Å². The van der Waals surface area contributed by atoms with Crippen molar-refractivity contribution in [2.24, 2.45) is 0 Å². The van der Waals surface area contributed by atoms with Crippen LogP contribution in [-0.2, 0) is 20.7 Å². The van der Waals surface area contributed by atoms with Crippen LogP contribution in [0.2, 0.25) is 5.02 Å². The fraction of sp³-hybridized carbons (Fsp3) is 0.500. The van der Waals surface area contributed by atoms with Crippen molar-refractivity contribution in [1.82, 2.24) is 4.98 Å². The Morgan fingerprint density at radius 3 is 3.10 bits per heavy atom. The van der Waals surface area contributed by atoms with Gasteiger partial charge in [0, 0.05) is 24.6 Å². The second kappa shape index (κ2) is 7.38. The van der Waals surface area contributed by atoms with E-state index in [0.717, 1.165) is 25.5 Å². The average molecular weight is 312 g/mol. The topological polar surface area (TPSA) is 84.3 Å². The maximum atomic E-state index is 11.5. The van der Waals surface area contributed by atoms with Gasteiger partial charge < -0.3 is 20.2 Å². The number of anilines is 1. The first-order chi connectivity index (χ1) is 10.2. The van der Waals surface area contributed by atoms with Gasteiger partial charge in [0.15, 0.2) is 0 Å². The predicted molar refractivity (Wildman–Crippen MR) is 80.1 cm³/mol.